The van der Waals surface area contributed by atoms with E-state index in [9.17, 15) is 13.2 Å². The lowest BCUT2D eigenvalue weighted by Crippen LogP contribution is -2.32. The van der Waals surface area contributed by atoms with Gasteiger partial charge in [0.15, 0.2) is 0 Å². The number of nitrogens with one attached hydrogen (secondary N) is 1. The van der Waals surface area contributed by atoms with Gasteiger partial charge in [-0.2, -0.15) is 13.2 Å². The van der Waals surface area contributed by atoms with Crippen LogP contribution in [0.25, 0.3) is 0 Å². The highest BCUT2D eigenvalue weighted by Crippen LogP contribution is 2.25. The SMILES string of the molecule is CCNC(CCC(F)(F)F)CSc1cccc(C)c1. The van der Waals surface area contributed by atoms with Crippen molar-refractivity contribution in [1.29, 1.82) is 0 Å². The van der Waals surface area contributed by atoms with Gasteiger partial charge < -0.3 is 5.32 Å². The lowest BCUT2D eigenvalue weighted by Gasteiger charge is -2.18. The largest absolute Gasteiger partial charge is 0.389 e. The van der Waals surface area contributed by atoms with Crippen LogP contribution in [0.15, 0.2) is 29.2 Å². The van der Waals surface area contributed by atoms with Crippen molar-refractivity contribution < 1.29 is 13.2 Å². The minimum Gasteiger partial charge on any atom is -0.313 e. The fourth-order valence-corrected chi connectivity index (χ4v) is 2.90. The molecule has 0 amide bonds. The van der Waals surface area contributed by atoms with E-state index < -0.39 is 12.6 Å². The lowest BCUT2D eigenvalue weighted by molar-refractivity contribution is -0.136. The van der Waals surface area contributed by atoms with Gasteiger partial charge in [0.25, 0.3) is 0 Å². The second-order valence-corrected chi connectivity index (χ2v) is 5.63. The summed E-state index contributed by atoms with van der Waals surface area (Å²) in [7, 11) is 0. The van der Waals surface area contributed by atoms with Crippen molar-refractivity contribution in [3.63, 3.8) is 0 Å². The Labute approximate surface area is 117 Å². The molecule has 0 heterocycles. The maximum Gasteiger partial charge on any atom is 0.389 e. The van der Waals surface area contributed by atoms with Gasteiger partial charge in [0.1, 0.15) is 0 Å². The van der Waals surface area contributed by atoms with Crippen LogP contribution in [0.3, 0.4) is 0 Å². The van der Waals surface area contributed by atoms with Crippen LogP contribution in [0.2, 0.25) is 0 Å². The average Bonchev–Trinajstić information content (AvgIpc) is 2.32. The van der Waals surface area contributed by atoms with E-state index in [0.29, 0.717) is 12.3 Å². The molecule has 0 saturated heterocycles. The molecule has 108 valence electrons. The number of thioether (sulfide) groups is 1. The van der Waals surface area contributed by atoms with Gasteiger partial charge in [0.05, 0.1) is 0 Å². The molecule has 0 aliphatic carbocycles. The van der Waals surface area contributed by atoms with Gasteiger partial charge >= 0.3 is 6.18 Å². The molecule has 0 bridgehead atoms. The fourth-order valence-electron chi connectivity index (χ4n) is 1.77. The van der Waals surface area contributed by atoms with Crippen LogP contribution in [0.5, 0.6) is 0 Å². The maximum absolute atomic E-state index is 12.2. The Bertz CT molecular complexity index is 379. The van der Waals surface area contributed by atoms with Crippen molar-refractivity contribution in [2.45, 2.75) is 43.8 Å². The number of rotatable bonds is 7. The molecule has 1 atom stereocenters. The second-order valence-electron chi connectivity index (χ2n) is 4.54. The van der Waals surface area contributed by atoms with Gasteiger partial charge in [-0.15, -0.1) is 11.8 Å². The monoisotopic (exact) mass is 291 g/mol. The topological polar surface area (TPSA) is 12.0 Å². The molecule has 1 unspecified atom stereocenters. The summed E-state index contributed by atoms with van der Waals surface area (Å²) in [5, 5.41) is 3.12. The summed E-state index contributed by atoms with van der Waals surface area (Å²) in [4.78, 5) is 1.11. The van der Waals surface area contributed by atoms with E-state index >= 15 is 0 Å². The predicted octanol–water partition coefficient (Wildman–Crippen LogP) is 4.41. The normalized spacial score (nSPS) is 13.5. The number of halogens is 3. The molecule has 19 heavy (non-hydrogen) atoms. The van der Waals surface area contributed by atoms with Crippen LogP contribution in [0.1, 0.15) is 25.3 Å². The number of alkyl halides is 3. The molecule has 0 aromatic heterocycles. The number of hydrogen-bond acceptors (Lipinski definition) is 2. The summed E-state index contributed by atoms with van der Waals surface area (Å²) in [6.07, 6.45) is -4.66. The van der Waals surface area contributed by atoms with Gasteiger partial charge in [0.2, 0.25) is 0 Å². The molecular weight excluding hydrogens is 271 g/mol. The summed E-state index contributed by atoms with van der Waals surface area (Å²) >= 11 is 1.60. The quantitative estimate of drug-likeness (QED) is 0.747. The molecule has 1 nitrogen and oxygen atoms in total. The van der Waals surface area contributed by atoms with Gasteiger partial charge in [-0.05, 0) is 32.0 Å². The van der Waals surface area contributed by atoms with E-state index in [4.69, 9.17) is 0 Å². The molecule has 5 heteroatoms. The lowest BCUT2D eigenvalue weighted by atomic mass is 10.2. The summed E-state index contributed by atoms with van der Waals surface area (Å²) in [5.74, 6) is 0.660. The molecule has 0 fully saturated rings. The molecule has 0 aliphatic rings. The average molecular weight is 291 g/mol. The zero-order valence-corrected chi connectivity index (χ0v) is 12.1. The Balaban J connectivity index is 2.45. The summed E-state index contributed by atoms with van der Waals surface area (Å²) < 4.78 is 36.7. The molecule has 0 saturated carbocycles. The van der Waals surface area contributed by atoms with Crippen molar-refractivity contribution in [1.82, 2.24) is 5.32 Å². The maximum atomic E-state index is 12.2. The summed E-state index contributed by atoms with van der Waals surface area (Å²) in [6.45, 7) is 4.62. The zero-order chi connectivity index (χ0) is 14.3. The Hall–Kier alpha value is -0.680. The molecule has 1 aromatic carbocycles. The second kappa shape index (κ2) is 7.80. The van der Waals surface area contributed by atoms with E-state index in [1.54, 1.807) is 11.8 Å². The Morgan fingerprint density at radius 3 is 2.63 bits per heavy atom. The third-order valence-corrected chi connectivity index (χ3v) is 3.87. The smallest absolute Gasteiger partial charge is 0.313 e. The third kappa shape index (κ3) is 7.47. The van der Waals surface area contributed by atoms with Gasteiger partial charge in [-0.3, -0.25) is 0 Å². The van der Waals surface area contributed by atoms with E-state index in [0.717, 1.165) is 4.90 Å². The molecule has 0 spiro atoms. The van der Waals surface area contributed by atoms with Gasteiger partial charge in [0, 0.05) is 23.1 Å². The first-order valence-electron chi connectivity index (χ1n) is 6.40. The van der Waals surface area contributed by atoms with Crippen molar-refractivity contribution >= 4 is 11.8 Å². The van der Waals surface area contributed by atoms with E-state index in [2.05, 4.69) is 11.4 Å². The molecule has 0 radical (unpaired) electrons. The van der Waals surface area contributed by atoms with Crippen molar-refractivity contribution in [2.75, 3.05) is 12.3 Å². The number of aryl methyl sites for hydroxylation is 1. The molecule has 1 aromatic rings. The Morgan fingerprint density at radius 1 is 1.32 bits per heavy atom. The van der Waals surface area contributed by atoms with E-state index in [1.165, 1.54) is 5.56 Å². The van der Waals surface area contributed by atoms with Crippen molar-refractivity contribution in [2.24, 2.45) is 0 Å². The minimum absolute atomic E-state index is 0.0999. The van der Waals surface area contributed by atoms with Crippen LogP contribution in [-0.2, 0) is 0 Å². The van der Waals surface area contributed by atoms with Gasteiger partial charge in [-0.25, -0.2) is 0 Å². The predicted molar refractivity (Wildman–Crippen MR) is 74.7 cm³/mol. The Morgan fingerprint density at radius 2 is 2.05 bits per heavy atom. The highest BCUT2D eigenvalue weighted by molar-refractivity contribution is 7.99. The minimum atomic E-state index is -4.07. The number of benzene rings is 1. The first-order valence-corrected chi connectivity index (χ1v) is 7.39. The van der Waals surface area contributed by atoms with Crippen molar-refractivity contribution in [3.8, 4) is 0 Å². The highest BCUT2D eigenvalue weighted by atomic mass is 32.2. The third-order valence-electron chi connectivity index (χ3n) is 2.71. The van der Waals surface area contributed by atoms with Crippen LogP contribution in [-0.4, -0.2) is 24.5 Å². The summed E-state index contributed by atoms with van der Waals surface area (Å²) in [6, 6.07) is 7.92. The Kier molecular flexibility index (Phi) is 6.72. The van der Waals surface area contributed by atoms with E-state index in [-0.39, 0.29) is 12.5 Å². The highest BCUT2D eigenvalue weighted by Gasteiger charge is 2.28. The first kappa shape index (κ1) is 16.4. The summed E-state index contributed by atoms with van der Waals surface area (Å²) in [5.41, 5.74) is 1.17. The zero-order valence-electron chi connectivity index (χ0n) is 11.3. The van der Waals surface area contributed by atoms with Crippen LogP contribution in [0.4, 0.5) is 13.2 Å². The first-order chi connectivity index (χ1) is 8.90. The molecule has 1 N–H and O–H groups in total. The molecule has 0 aliphatic heterocycles. The standard InChI is InChI=1S/C14H20F3NS/c1-3-18-12(7-8-14(15,16)17)10-19-13-6-4-5-11(2)9-13/h4-6,9,12,18H,3,7-8,10H2,1-2H3. The number of hydrogen-bond donors (Lipinski definition) is 1. The van der Waals surface area contributed by atoms with Crippen LogP contribution >= 0.6 is 11.8 Å². The molecular formula is C14H20F3NS. The molecule has 1 rings (SSSR count). The fraction of sp³-hybridized carbons (Fsp3) is 0.571. The van der Waals surface area contributed by atoms with Crippen molar-refractivity contribution in [3.05, 3.63) is 29.8 Å². The van der Waals surface area contributed by atoms with Crippen LogP contribution < -0.4 is 5.32 Å². The van der Waals surface area contributed by atoms with E-state index in [1.807, 2.05) is 32.0 Å². The van der Waals surface area contributed by atoms with Crippen LogP contribution in [0, 0.1) is 6.92 Å². The van der Waals surface area contributed by atoms with Gasteiger partial charge in [-0.1, -0.05) is 24.6 Å².